The summed E-state index contributed by atoms with van der Waals surface area (Å²) in [4.78, 5) is 1.91. The van der Waals surface area contributed by atoms with Crippen molar-refractivity contribution in [3.8, 4) is 11.8 Å². The molecule has 0 aliphatic heterocycles. The average molecular weight is 269 g/mol. The van der Waals surface area contributed by atoms with E-state index in [-0.39, 0.29) is 0 Å². The van der Waals surface area contributed by atoms with E-state index in [1.807, 2.05) is 50.9 Å². The first-order chi connectivity index (χ1) is 9.49. The maximum atomic E-state index is 9.32. The number of nitriles is 1. The first-order valence-corrected chi connectivity index (χ1v) is 6.57. The van der Waals surface area contributed by atoms with Gasteiger partial charge in [-0.15, -0.1) is 5.10 Å². The van der Waals surface area contributed by atoms with E-state index in [1.54, 1.807) is 4.68 Å². The standard InChI is InChI=1S/C15H19N5/c1-5-19(4)15-12(9-16)14(17)20(18-15)13-8-10(2)6-7-11(13)3/h6-8H,5,17H2,1-4H3. The van der Waals surface area contributed by atoms with Crippen molar-refractivity contribution in [2.75, 3.05) is 24.2 Å². The van der Waals surface area contributed by atoms with Crippen LogP contribution in [0.4, 0.5) is 11.6 Å². The molecule has 0 amide bonds. The van der Waals surface area contributed by atoms with Crippen LogP contribution in [0, 0.1) is 25.2 Å². The van der Waals surface area contributed by atoms with E-state index in [1.165, 1.54) is 0 Å². The van der Waals surface area contributed by atoms with Crippen molar-refractivity contribution in [2.24, 2.45) is 0 Å². The normalized spacial score (nSPS) is 10.3. The van der Waals surface area contributed by atoms with Crippen molar-refractivity contribution in [3.63, 3.8) is 0 Å². The zero-order chi connectivity index (χ0) is 14.9. The third-order valence-corrected chi connectivity index (χ3v) is 3.44. The van der Waals surface area contributed by atoms with Crippen molar-refractivity contribution in [3.05, 3.63) is 34.9 Å². The fraction of sp³-hybridized carbons (Fsp3) is 0.333. The fourth-order valence-electron chi connectivity index (χ4n) is 2.07. The van der Waals surface area contributed by atoms with Gasteiger partial charge in [-0.3, -0.25) is 0 Å². The van der Waals surface area contributed by atoms with Crippen LogP contribution in [0.5, 0.6) is 0 Å². The Hall–Kier alpha value is -2.48. The number of nitrogens with two attached hydrogens (primary N) is 1. The largest absolute Gasteiger partial charge is 0.382 e. The van der Waals surface area contributed by atoms with E-state index in [0.29, 0.717) is 17.2 Å². The highest BCUT2D eigenvalue weighted by Gasteiger charge is 2.19. The monoisotopic (exact) mass is 269 g/mol. The molecule has 0 aliphatic rings. The summed E-state index contributed by atoms with van der Waals surface area (Å²) >= 11 is 0. The highest BCUT2D eigenvalue weighted by atomic mass is 15.4. The molecule has 0 spiro atoms. The fourth-order valence-corrected chi connectivity index (χ4v) is 2.07. The Morgan fingerprint density at radius 3 is 2.70 bits per heavy atom. The molecule has 2 aromatic rings. The van der Waals surface area contributed by atoms with Gasteiger partial charge in [0.2, 0.25) is 0 Å². The second kappa shape index (κ2) is 5.25. The Labute approximate surface area is 119 Å². The van der Waals surface area contributed by atoms with Crippen LogP contribution < -0.4 is 10.6 Å². The predicted octanol–water partition coefficient (Wildman–Crippen LogP) is 2.40. The zero-order valence-corrected chi connectivity index (χ0v) is 12.3. The van der Waals surface area contributed by atoms with E-state index < -0.39 is 0 Å². The van der Waals surface area contributed by atoms with Gasteiger partial charge < -0.3 is 10.6 Å². The molecule has 104 valence electrons. The Kier molecular flexibility index (Phi) is 3.66. The van der Waals surface area contributed by atoms with Crippen molar-refractivity contribution >= 4 is 11.6 Å². The summed E-state index contributed by atoms with van der Waals surface area (Å²) in [6.07, 6.45) is 0. The van der Waals surface area contributed by atoms with E-state index in [4.69, 9.17) is 5.73 Å². The van der Waals surface area contributed by atoms with Crippen LogP contribution in [-0.2, 0) is 0 Å². The van der Waals surface area contributed by atoms with Gasteiger partial charge in [-0.2, -0.15) is 5.26 Å². The lowest BCUT2D eigenvalue weighted by atomic mass is 10.1. The minimum Gasteiger partial charge on any atom is -0.382 e. The van der Waals surface area contributed by atoms with Gasteiger partial charge in [0.25, 0.3) is 0 Å². The molecule has 5 heteroatoms. The van der Waals surface area contributed by atoms with Crippen LogP contribution >= 0.6 is 0 Å². The number of rotatable bonds is 3. The summed E-state index contributed by atoms with van der Waals surface area (Å²) in [7, 11) is 1.90. The molecule has 1 aromatic heterocycles. The van der Waals surface area contributed by atoms with Gasteiger partial charge >= 0.3 is 0 Å². The van der Waals surface area contributed by atoms with Crippen molar-refractivity contribution in [1.29, 1.82) is 5.26 Å². The van der Waals surface area contributed by atoms with Gasteiger partial charge in [-0.25, -0.2) is 4.68 Å². The maximum absolute atomic E-state index is 9.32. The van der Waals surface area contributed by atoms with E-state index in [2.05, 4.69) is 11.2 Å². The van der Waals surface area contributed by atoms with Crippen molar-refractivity contribution < 1.29 is 0 Å². The molecule has 0 saturated heterocycles. The molecule has 20 heavy (non-hydrogen) atoms. The van der Waals surface area contributed by atoms with E-state index >= 15 is 0 Å². The molecule has 5 nitrogen and oxygen atoms in total. The lowest BCUT2D eigenvalue weighted by molar-refractivity contribution is 0.846. The molecule has 0 unspecified atom stereocenters. The Morgan fingerprint density at radius 1 is 1.40 bits per heavy atom. The smallest absolute Gasteiger partial charge is 0.171 e. The quantitative estimate of drug-likeness (QED) is 0.928. The van der Waals surface area contributed by atoms with Crippen LogP contribution in [0.15, 0.2) is 18.2 Å². The molecular formula is C15H19N5. The van der Waals surface area contributed by atoms with Crippen LogP contribution in [0.1, 0.15) is 23.6 Å². The number of hydrogen-bond acceptors (Lipinski definition) is 4. The first kappa shape index (κ1) is 13.9. The summed E-state index contributed by atoms with van der Waals surface area (Å²) in [5.41, 5.74) is 9.65. The number of nitrogen functional groups attached to an aromatic ring is 1. The van der Waals surface area contributed by atoms with E-state index in [0.717, 1.165) is 23.4 Å². The average Bonchev–Trinajstić information content (AvgIpc) is 2.77. The SMILES string of the molecule is CCN(C)c1nn(-c2cc(C)ccc2C)c(N)c1C#N. The summed E-state index contributed by atoms with van der Waals surface area (Å²) in [6, 6.07) is 8.25. The number of benzene rings is 1. The second-order valence-corrected chi connectivity index (χ2v) is 4.91. The summed E-state index contributed by atoms with van der Waals surface area (Å²) in [6.45, 7) is 6.80. The van der Waals surface area contributed by atoms with E-state index in [9.17, 15) is 5.26 Å². The second-order valence-electron chi connectivity index (χ2n) is 4.91. The minimum absolute atomic E-state index is 0.386. The lowest BCUT2D eigenvalue weighted by Crippen LogP contribution is -2.17. The molecule has 2 rings (SSSR count). The van der Waals surface area contributed by atoms with Crippen molar-refractivity contribution in [2.45, 2.75) is 20.8 Å². The highest BCUT2D eigenvalue weighted by Crippen LogP contribution is 2.28. The number of nitrogens with zero attached hydrogens (tertiary/aromatic N) is 4. The maximum Gasteiger partial charge on any atom is 0.171 e. The predicted molar refractivity (Wildman–Crippen MR) is 81.1 cm³/mol. The number of anilines is 2. The van der Waals surface area contributed by atoms with Crippen LogP contribution in [0.25, 0.3) is 5.69 Å². The molecule has 2 N–H and O–H groups in total. The third-order valence-electron chi connectivity index (χ3n) is 3.44. The van der Waals surface area contributed by atoms with Crippen LogP contribution in [0.2, 0.25) is 0 Å². The van der Waals surface area contributed by atoms with Gasteiger partial charge in [0.15, 0.2) is 5.82 Å². The van der Waals surface area contributed by atoms with Gasteiger partial charge in [0.1, 0.15) is 17.5 Å². The molecule has 1 aromatic carbocycles. The third kappa shape index (κ3) is 2.21. The number of hydrogen-bond donors (Lipinski definition) is 1. The molecule has 0 fully saturated rings. The lowest BCUT2D eigenvalue weighted by Gasteiger charge is -2.13. The molecule has 0 atom stereocenters. The molecule has 1 heterocycles. The van der Waals surface area contributed by atoms with Crippen molar-refractivity contribution in [1.82, 2.24) is 9.78 Å². The molecular weight excluding hydrogens is 250 g/mol. The topological polar surface area (TPSA) is 70.9 Å². The van der Waals surface area contributed by atoms with Gasteiger partial charge in [-0.05, 0) is 38.0 Å². The minimum atomic E-state index is 0.386. The summed E-state index contributed by atoms with van der Waals surface area (Å²) in [5.74, 6) is 1.00. The molecule has 0 bridgehead atoms. The summed E-state index contributed by atoms with van der Waals surface area (Å²) in [5, 5.41) is 13.8. The van der Waals surface area contributed by atoms with Crippen LogP contribution in [-0.4, -0.2) is 23.4 Å². The van der Waals surface area contributed by atoms with Gasteiger partial charge in [-0.1, -0.05) is 12.1 Å². The highest BCUT2D eigenvalue weighted by molar-refractivity contribution is 5.67. The molecule has 0 radical (unpaired) electrons. The van der Waals surface area contributed by atoms with Gasteiger partial charge in [0, 0.05) is 13.6 Å². The van der Waals surface area contributed by atoms with Crippen LogP contribution in [0.3, 0.4) is 0 Å². The Bertz CT molecular complexity index is 678. The number of aromatic nitrogens is 2. The Morgan fingerprint density at radius 2 is 2.10 bits per heavy atom. The molecule has 0 saturated carbocycles. The molecule has 0 aliphatic carbocycles. The Balaban J connectivity index is 2.67. The summed E-state index contributed by atoms with van der Waals surface area (Å²) < 4.78 is 1.66. The van der Waals surface area contributed by atoms with Gasteiger partial charge in [0.05, 0.1) is 5.69 Å². The number of aryl methyl sites for hydroxylation is 2. The first-order valence-electron chi connectivity index (χ1n) is 6.57. The zero-order valence-electron chi connectivity index (χ0n) is 12.3.